The highest BCUT2D eigenvalue weighted by molar-refractivity contribution is 6.14. The van der Waals surface area contributed by atoms with Crippen molar-refractivity contribution in [2.75, 3.05) is 14.2 Å². The third-order valence-corrected chi connectivity index (χ3v) is 4.56. The number of carbonyl (C=O) groups is 2. The molecule has 1 N–H and O–H groups in total. The monoisotopic (exact) mass is 366 g/mol. The summed E-state index contributed by atoms with van der Waals surface area (Å²) in [7, 11) is 3.04. The van der Waals surface area contributed by atoms with Gasteiger partial charge in [-0.15, -0.1) is 0 Å². The molecule has 1 aromatic rings. The number of carbonyl (C=O) groups excluding carboxylic acids is 2. The second kappa shape index (κ2) is 7.61. The third-order valence-electron chi connectivity index (χ3n) is 4.56. The van der Waals surface area contributed by atoms with E-state index < -0.39 is 5.91 Å². The van der Waals surface area contributed by atoms with Crippen molar-refractivity contribution in [3.8, 4) is 11.5 Å². The summed E-state index contributed by atoms with van der Waals surface area (Å²) < 4.78 is 10.4. The molecule has 1 unspecified atom stereocenters. The summed E-state index contributed by atoms with van der Waals surface area (Å²) in [6, 6.07) is 4.94. The Hall–Kier alpha value is -3.15. The molecule has 2 aliphatic rings. The Morgan fingerprint density at radius 1 is 1.19 bits per heavy atom. The normalized spacial score (nSPS) is 20.0. The van der Waals surface area contributed by atoms with Crippen LogP contribution in [0.4, 0.5) is 0 Å². The molecule has 0 saturated carbocycles. The third kappa shape index (κ3) is 3.84. The van der Waals surface area contributed by atoms with E-state index in [-0.39, 0.29) is 17.7 Å². The van der Waals surface area contributed by atoms with E-state index >= 15 is 0 Å². The Kier molecular flexibility index (Phi) is 5.26. The zero-order valence-electron chi connectivity index (χ0n) is 15.8. The number of hydrogen-bond acceptors (Lipinski definition) is 4. The standard InChI is InChI=1S/C21H22N2O4/c1-12(2)17-11-20(24)23-18-9-13(5-7-15(17)18)22-21(25)16-8-6-14(26-3)10-19(16)27-4/h5-12,15H,1-4H3,(H,23,24). The summed E-state index contributed by atoms with van der Waals surface area (Å²) >= 11 is 0. The predicted molar refractivity (Wildman–Crippen MR) is 103 cm³/mol. The molecule has 0 aromatic heterocycles. The topological polar surface area (TPSA) is 77.0 Å². The van der Waals surface area contributed by atoms with E-state index in [1.165, 1.54) is 7.11 Å². The molecular formula is C21H22N2O4. The van der Waals surface area contributed by atoms with Crippen LogP contribution in [0.3, 0.4) is 0 Å². The Labute approximate surface area is 158 Å². The largest absolute Gasteiger partial charge is 0.497 e. The Balaban J connectivity index is 1.90. The first-order valence-corrected chi connectivity index (χ1v) is 8.70. The van der Waals surface area contributed by atoms with E-state index in [4.69, 9.17) is 9.47 Å². The van der Waals surface area contributed by atoms with Crippen LogP contribution in [-0.4, -0.2) is 31.7 Å². The fourth-order valence-corrected chi connectivity index (χ4v) is 3.17. The van der Waals surface area contributed by atoms with Crippen LogP contribution in [0, 0.1) is 11.8 Å². The number of rotatable bonds is 4. The summed E-state index contributed by atoms with van der Waals surface area (Å²) in [6.45, 7) is 4.11. The molecule has 1 heterocycles. The van der Waals surface area contributed by atoms with E-state index in [1.807, 2.05) is 6.08 Å². The fraction of sp³-hybridized carbons (Fsp3) is 0.286. The summed E-state index contributed by atoms with van der Waals surface area (Å²) in [4.78, 5) is 28.7. The van der Waals surface area contributed by atoms with Crippen LogP contribution in [0.25, 0.3) is 0 Å². The zero-order valence-corrected chi connectivity index (χ0v) is 15.8. The van der Waals surface area contributed by atoms with Crippen molar-refractivity contribution in [3.63, 3.8) is 0 Å². The van der Waals surface area contributed by atoms with Crippen LogP contribution < -0.4 is 14.8 Å². The first kappa shape index (κ1) is 18.6. The molecule has 140 valence electrons. The van der Waals surface area contributed by atoms with Crippen molar-refractivity contribution in [1.82, 2.24) is 5.32 Å². The summed E-state index contributed by atoms with van der Waals surface area (Å²) in [6.07, 6.45) is 7.14. The molecule has 1 aliphatic carbocycles. The molecule has 2 amide bonds. The molecule has 6 heteroatoms. The first-order chi connectivity index (χ1) is 12.9. The molecule has 0 bridgehead atoms. The van der Waals surface area contributed by atoms with Gasteiger partial charge in [-0.3, -0.25) is 9.59 Å². The van der Waals surface area contributed by atoms with E-state index in [1.54, 1.807) is 43.5 Å². The minimum absolute atomic E-state index is 0.00674. The highest BCUT2D eigenvalue weighted by Crippen LogP contribution is 2.32. The molecular weight excluding hydrogens is 344 g/mol. The molecule has 3 rings (SSSR count). The van der Waals surface area contributed by atoms with Gasteiger partial charge in [0.15, 0.2) is 0 Å². The van der Waals surface area contributed by atoms with Crippen molar-refractivity contribution in [3.05, 3.63) is 59.3 Å². The van der Waals surface area contributed by atoms with Crippen molar-refractivity contribution in [2.24, 2.45) is 16.8 Å². The Bertz CT molecular complexity index is 907. The van der Waals surface area contributed by atoms with Gasteiger partial charge in [0.25, 0.3) is 5.91 Å². The van der Waals surface area contributed by atoms with Crippen molar-refractivity contribution >= 4 is 17.5 Å². The van der Waals surface area contributed by atoms with Gasteiger partial charge in [-0.1, -0.05) is 19.9 Å². The number of aliphatic imine (C=N–C) groups is 1. The predicted octanol–water partition coefficient (Wildman–Crippen LogP) is 3.07. The lowest BCUT2D eigenvalue weighted by Gasteiger charge is -2.29. The highest BCUT2D eigenvalue weighted by atomic mass is 16.5. The van der Waals surface area contributed by atoms with Crippen LogP contribution in [-0.2, 0) is 4.79 Å². The van der Waals surface area contributed by atoms with Gasteiger partial charge in [-0.25, -0.2) is 4.99 Å². The smallest absolute Gasteiger partial charge is 0.281 e. The number of amides is 2. The average Bonchev–Trinajstić information content (AvgIpc) is 2.66. The van der Waals surface area contributed by atoms with Crippen LogP contribution in [0.2, 0.25) is 0 Å². The maximum Gasteiger partial charge on any atom is 0.281 e. The van der Waals surface area contributed by atoms with Gasteiger partial charge in [0.1, 0.15) is 11.5 Å². The van der Waals surface area contributed by atoms with E-state index in [2.05, 4.69) is 24.2 Å². The average molecular weight is 366 g/mol. The second-order valence-corrected chi connectivity index (χ2v) is 6.63. The van der Waals surface area contributed by atoms with E-state index in [0.717, 1.165) is 11.3 Å². The minimum atomic E-state index is -0.425. The molecule has 27 heavy (non-hydrogen) atoms. The molecule has 0 saturated heterocycles. The Morgan fingerprint density at radius 2 is 1.96 bits per heavy atom. The van der Waals surface area contributed by atoms with Crippen LogP contribution >= 0.6 is 0 Å². The van der Waals surface area contributed by atoms with Gasteiger partial charge in [0.05, 0.1) is 25.5 Å². The maximum atomic E-state index is 12.6. The highest BCUT2D eigenvalue weighted by Gasteiger charge is 2.28. The van der Waals surface area contributed by atoms with Crippen LogP contribution in [0.1, 0.15) is 24.2 Å². The summed E-state index contributed by atoms with van der Waals surface area (Å²) in [5.74, 6) is 0.664. The zero-order chi connectivity index (χ0) is 19.6. The first-order valence-electron chi connectivity index (χ1n) is 8.70. The number of nitrogens with one attached hydrogen (secondary N) is 1. The molecule has 0 spiro atoms. The molecule has 1 atom stereocenters. The lowest BCUT2D eigenvalue weighted by atomic mass is 9.82. The van der Waals surface area contributed by atoms with Gasteiger partial charge < -0.3 is 14.8 Å². The van der Waals surface area contributed by atoms with Crippen molar-refractivity contribution in [1.29, 1.82) is 0 Å². The molecule has 6 nitrogen and oxygen atoms in total. The van der Waals surface area contributed by atoms with Gasteiger partial charge in [0.2, 0.25) is 5.91 Å². The molecule has 0 fully saturated rings. The number of hydrogen-bond donors (Lipinski definition) is 1. The van der Waals surface area contributed by atoms with Gasteiger partial charge >= 0.3 is 0 Å². The van der Waals surface area contributed by atoms with E-state index in [0.29, 0.717) is 22.8 Å². The lowest BCUT2D eigenvalue weighted by molar-refractivity contribution is -0.116. The number of ether oxygens (including phenoxy) is 2. The Morgan fingerprint density at radius 3 is 2.63 bits per heavy atom. The second-order valence-electron chi connectivity index (χ2n) is 6.63. The molecule has 1 aliphatic heterocycles. The summed E-state index contributed by atoms with van der Waals surface area (Å²) in [5.41, 5.74) is 2.61. The molecule has 0 radical (unpaired) electrons. The number of allylic oxidation sites excluding steroid dienone is 3. The van der Waals surface area contributed by atoms with Gasteiger partial charge in [-0.2, -0.15) is 0 Å². The lowest BCUT2D eigenvalue weighted by Crippen LogP contribution is -2.34. The minimum Gasteiger partial charge on any atom is -0.497 e. The molecule has 1 aromatic carbocycles. The van der Waals surface area contributed by atoms with Crippen molar-refractivity contribution in [2.45, 2.75) is 13.8 Å². The van der Waals surface area contributed by atoms with Crippen LogP contribution in [0.15, 0.2) is 58.8 Å². The number of nitrogens with zero attached hydrogens (tertiary/aromatic N) is 1. The maximum absolute atomic E-state index is 12.6. The quantitative estimate of drug-likeness (QED) is 0.888. The number of benzene rings is 1. The van der Waals surface area contributed by atoms with E-state index in [9.17, 15) is 9.59 Å². The fourth-order valence-electron chi connectivity index (χ4n) is 3.17. The van der Waals surface area contributed by atoms with Gasteiger partial charge in [0, 0.05) is 23.8 Å². The van der Waals surface area contributed by atoms with Gasteiger partial charge in [-0.05, 0) is 35.8 Å². The number of methoxy groups -OCH3 is 2. The van der Waals surface area contributed by atoms with Crippen LogP contribution in [0.5, 0.6) is 11.5 Å². The SMILES string of the molecule is COc1ccc(C(=O)N=C2C=CC3C(=C2)NC(=O)C=C3C(C)C)c(OC)c1. The summed E-state index contributed by atoms with van der Waals surface area (Å²) in [5, 5.41) is 2.84. The van der Waals surface area contributed by atoms with Crippen molar-refractivity contribution < 1.29 is 19.1 Å². The number of fused-ring (bicyclic) bond motifs is 1.